The van der Waals surface area contributed by atoms with E-state index in [0.29, 0.717) is 13.1 Å². The zero-order valence-corrected chi connectivity index (χ0v) is 9.52. The van der Waals surface area contributed by atoms with E-state index < -0.39 is 0 Å². The van der Waals surface area contributed by atoms with Crippen molar-refractivity contribution in [2.75, 3.05) is 26.4 Å². The van der Waals surface area contributed by atoms with Gasteiger partial charge in [-0.3, -0.25) is 0 Å². The summed E-state index contributed by atoms with van der Waals surface area (Å²) in [6, 6.07) is 0. The third-order valence-corrected chi connectivity index (χ3v) is 2.67. The highest BCUT2D eigenvalue weighted by molar-refractivity contribution is 4.92. The van der Waals surface area contributed by atoms with E-state index >= 15 is 0 Å². The monoisotopic (exact) mass is 226 g/mol. The van der Waals surface area contributed by atoms with Crippen LogP contribution in [0.15, 0.2) is 6.20 Å². The molecule has 90 valence electrons. The number of aliphatic hydroxyl groups excluding tert-OH is 1. The highest BCUT2D eigenvalue weighted by Gasteiger charge is 2.32. The first-order valence-electron chi connectivity index (χ1n) is 5.50. The highest BCUT2D eigenvalue weighted by atomic mass is 16.5. The van der Waals surface area contributed by atoms with Crippen molar-refractivity contribution in [2.24, 2.45) is 5.41 Å². The van der Waals surface area contributed by atoms with Crippen molar-refractivity contribution < 1.29 is 9.84 Å². The second-order valence-electron chi connectivity index (χ2n) is 4.60. The van der Waals surface area contributed by atoms with E-state index in [1.807, 2.05) is 6.20 Å². The first-order valence-corrected chi connectivity index (χ1v) is 5.50. The molecule has 6 heteroatoms. The molecule has 0 aliphatic carbocycles. The number of nitrogens with zero attached hydrogens (tertiary/aromatic N) is 3. The maximum atomic E-state index is 8.73. The molecule has 1 aromatic rings. The Morgan fingerprint density at radius 2 is 2.44 bits per heavy atom. The Labute approximate surface area is 94.6 Å². The van der Waals surface area contributed by atoms with Crippen LogP contribution in [0.3, 0.4) is 0 Å². The van der Waals surface area contributed by atoms with Gasteiger partial charge in [0.1, 0.15) is 0 Å². The van der Waals surface area contributed by atoms with Crippen molar-refractivity contribution in [1.82, 2.24) is 20.3 Å². The summed E-state index contributed by atoms with van der Waals surface area (Å²) < 4.78 is 6.82. The lowest BCUT2D eigenvalue weighted by Gasteiger charge is -2.38. The predicted molar refractivity (Wildman–Crippen MR) is 57.7 cm³/mol. The van der Waals surface area contributed by atoms with E-state index in [0.717, 1.165) is 25.5 Å². The third-order valence-electron chi connectivity index (χ3n) is 2.67. The minimum atomic E-state index is 0.0889. The molecule has 2 heterocycles. The van der Waals surface area contributed by atoms with Gasteiger partial charge >= 0.3 is 0 Å². The Morgan fingerprint density at radius 1 is 1.62 bits per heavy atom. The molecule has 0 aromatic carbocycles. The molecule has 0 radical (unpaired) electrons. The van der Waals surface area contributed by atoms with E-state index in [1.165, 1.54) is 0 Å². The summed E-state index contributed by atoms with van der Waals surface area (Å²) in [5.74, 6) is 0. The average molecular weight is 226 g/mol. The molecular weight excluding hydrogens is 208 g/mol. The third kappa shape index (κ3) is 2.78. The summed E-state index contributed by atoms with van der Waals surface area (Å²) in [7, 11) is 0. The fraction of sp³-hybridized carbons (Fsp3) is 0.800. The van der Waals surface area contributed by atoms with Crippen LogP contribution in [0.5, 0.6) is 0 Å². The van der Waals surface area contributed by atoms with Gasteiger partial charge in [0.15, 0.2) is 0 Å². The van der Waals surface area contributed by atoms with Crippen LogP contribution in [0.4, 0.5) is 0 Å². The van der Waals surface area contributed by atoms with E-state index in [1.54, 1.807) is 4.68 Å². The molecule has 0 bridgehead atoms. The zero-order chi connectivity index (χ0) is 11.4. The zero-order valence-electron chi connectivity index (χ0n) is 9.52. The van der Waals surface area contributed by atoms with Crippen molar-refractivity contribution in [2.45, 2.75) is 20.0 Å². The maximum absolute atomic E-state index is 8.73. The Kier molecular flexibility index (Phi) is 3.52. The summed E-state index contributed by atoms with van der Waals surface area (Å²) in [5.41, 5.74) is 1.18. The lowest BCUT2D eigenvalue weighted by molar-refractivity contribution is -0.0991. The number of aromatic nitrogens is 3. The fourth-order valence-corrected chi connectivity index (χ4v) is 1.68. The van der Waals surface area contributed by atoms with E-state index in [4.69, 9.17) is 9.84 Å². The molecule has 1 aliphatic rings. The summed E-state index contributed by atoms with van der Waals surface area (Å²) in [5, 5.41) is 20.0. The smallest absolute Gasteiger partial charge is 0.0964 e. The number of hydrogen-bond acceptors (Lipinski definition) is 5. The van der Waals surface area contributed by atoms with Crippen LogP contribution in [-0.4, -0.2) is 46.5 Å². The number of nitrogens with one attached hydrogen (secondary N) is 1. The first-order chi connectivity index (χ1) is 7.72. The number of aliphatic hydroxyl groups is 1. The molecule has 0 amide bonds. The Hall–Kier alpha value is -0.980. The highest BCUT2D eigenvalue weighted by Crippen LogP contribution is 2.25. The molecule has 2 rings (SSSR count). The molecule has 0 unspecified atom stereocenters. The molecule has 16 heavy (non-hydrogen) atoms. The van der Waals surface area contributed by atoms with Gasteiger partial charge in [0.2, 0.25) is 0 Å². The molecule has 0 spiro atoms. The van der Waals surface area contributed by atoms with Crippen molar-refractivity contribution in [3.8, 4) is 0 Å². The summed E-state index contributed by atoms with van der Waals surface area (Å²) >= 11 is 0. The molecule has 0 atom stereocenters. The van der Waals surface area contributed by atoms with Crippen molar-refractivity contribution in [3.63, 3.8) is 0 Å². The van der Waals surface area contributed by atoms with Crippen molar-refractivity contribution >= 4 is 0 Å². The van der Waals surface area contributed by atoms with Gasteiger partial charge in [-0.05, 0) is 0 Å². The van der Waals surface area contributed by atoms with Gasteiger partial charge in [0, 0.05) is 24.7 Å². The molecule has 1 fully saturated rings. The lowest BCUT2D eigenvalue weighted by Crippen LogP contribution is -2.47. The van der Waals surface area contributed by atoms with Gasteiger partial charge in [-0.15, -0.1) is 5.10 Å². The normalized spacial score (nSPS) is 18.4. The van der Waals surface area contributed by atoms with E-state index in [-0.39, 0.29) is 12.0 Å². The molecule has 0 saturated carbocycles. The van der Waals surface area contributed by atoms with Gasteiger partial charge < -0.3 is 15.2 Å². The molecule has 1 aromatic heterocycles. The van der Waals surface area contributed by atoms with Gasteiger partial charge in [-0.2, -0.15) is 0 Å². The quantitative estimate of drug-likeness (QED) is 0.677. The van der Waals surface area contributed by atoms with Gasteiger partial charge in [-0.1, -0.05) is 12.1 Å². The number of rotatable bonds is 6. The number of ether oxygens (including phenoxy) is 1. The van der Waals surface area contributed by atoms with E-state index in [9.17, 15) is 0 Å². The summed E-state index contributed by atoms with van der Waals surface area (Å²) in [6.07, 6.45) is 1.85. The van der Waals surface area contributed by atoms with Crippen LogP contribution >= 0.6 is 0 Å². The van der Waals surface area contributed by atoms with Crippen LogP contribution in [0.1, 0.15) is 12.6 Å². The van der Waals surface area contributed by atoms with Crippen LogP contribution in [0.25, 0.3) is 0 Å². The second-order valence-corrected chi connectivity index (χ2v) is 4.60. The Morgan fingerprint density at radius 3 is 3.06 bits per heavy atom. The molecule has 1 aliphatic heterocycles. The minimum Gasteiger partial charge on any atom is -0.394 e. The predicted octanol–water partition coefficient (Wildman–Crippen LogP) is -0.603. The molecular formula is C10H18N4O2. The summed E-state index contributed by atoms with van der Waals surface area (Å²) in [4.78, 5) is 0. The van der Waals surface area contributed by atoms with Crippen LogP contribution in [0, 0.1) is 5.41 Å². The first kappa shape index (κ1) is 11.5. The van der Waals surface area contributed by atoms with Gasteiger partial charge in [0.25, 0.3) is 0 Å². The fourth-order valence-electron chi connectivity index (χ4n) is 1.68. The molecule has 6 nitrogen and oxygen atoms in total. The Bertz CT molecular complexity index is 335. The van der Waals surface area contributed by atoms with Crippen molar-refractivity contribution in [1.29, 1.82) is 0 Å². The Balaban J connectivity index is 1.72. The SMILES string of the molecule is CC1(CNCc2cn(CCO)nn2)COC1. The van der Waals surface area contributed by atoms with Crippen LogP contribution in [0.2, 0.25) is 0 Å². The van der Waals surface area contributed by atoms with Gasteiger partial charge in [0.05, 0.1) is 32.1 Å². The summed E-state index contributed by atoms with van der Waals surface area (Å²) in [6.45, 7) is 6.09. The largest absolute Gasteiger partial charge is 0.394 e. The van der Waals surface area contributed by atoms with Crippen LogP contribution in [-0.2, 0) is 17.8 Å². The van der Waals surface area contributed by atoms with Crippen molar-refractivity contribution in [3.05, 3.63) is 11.9 Å². The van der Waals surface area contributed by atoms with Gasteiger partial charge in [-0.25, -0.2) is 4.68 Å². The molecule has 2 N–H and O–H groups in total. The lowest BCUT2D eigenvalue weighted by atomic mass is 9.89. The second kappa shape index (κ2) is 4.90. The van der Waals surface area contributed by atoms with Crippen LogP contribution < -0.4 is 5.32 Å². The standard InChI is InChI=1S/C10H18N4O2/c1-10(7-16-8-10)6-11-4-9-5-14(2-3-15)13-12-9/h5,11,15H,2-4,6-8H2,1H3. The maximum Gasteiger partial charge on any atom is 0.0964 e. The minimum absolute atomic E-state index is 0.0889. The van der Waals surface area contributed by atoms with E-state index in [2.05, 4.69) is 22.6 Å². The number of hydrogen-bond donors (Lipinski definition) is 2. The topological polar surface area (TPSA) is 72.2 Å². The molecule has 1 saturated heterocycles. The average Bonchev–Trinajstić information content (AvgIpc) is 2.64.